The highest BCUT2D eigenvalue weighted by Crippen LogP contribution is 2.30. The number of amides is 2. The molecule has 0 saturated carbocycles. The van der Waals surface area contributed by atoms with E-state index >= 15 is 4.39 Å². The number of hydroxylamine groups is 1. The average Bonchev–Trinajstić information content (AvgIpc) is 2.82. The van der Waals surface area contributed by atoms with E-state index in [1.807, 2.05) is 5.48 Å². The second-order valence-electron chi connectivity index (χ2n) is 6.78. The van der Waals surface area contributed by atoms with Gasteiger partial charge in [-0.2, -0.15) is 0 Å². The summed E-state index contributed by atoms with van der Waals surface area (Å²) in [7, 11) is 0. The Morgan fingerprint density at radius 2 is 1.91 bits per heavy atom. The molecule has 0 fully saturated rings. The number of aliphatic hydroxyl groups excluding tert-OH is 1. The van der Waals surface area contributed by atoms with Gasteiger partial charge >= 0.3 is 0 Å². The molecule has 182 valence electrons. The van der Waals surface area contributed by atoms with Crippen molar-refractivity contribution in [2.24, 2.45) is 0 Å². The molecule has 0 saturated heterocycles. The van der Waals surface area contributed by atoms with Gasteiger partial charge in [0.25, 0.3) is 5.91 Å². The van der Waals surface area contributed by atoms with Crippen LogP contribution in [0.2, 0.25) is 0 Å². The van der Waals surface area contributed by atoms with Crippen LogP contribution >= 0.6 is 0 Å². The fraction of sp³-hybridized carbons (Fsp3) is 0.304. The molecule has 2 aromatic carbocycles. The fourth-order valence-electron chi connectivity index (χ4n) is 2.76. The van der Waals surface area contributed by atoms with E-state index in [9.17, 15) is 18.4 Å². The minimum atomic E-state index is -1.48. The van der Waals surface area contributed by atoms with Crippen LogP contribution in [0.1, 0.15) is 34.8 Å². The number of anilines is 2. The number of carbonyl (C=O) groups is 2. The van der Waals surface area contributed by atoms with Crippen molar-refractivity contribution in [3.8, 4) is 12.3 Å². The maximum Gasteiger partial charge on any atom is 0.277 e. The van der Waals surface area contributed by atoms with Crippen molar-refractivity contribution in [3.05, 3.63) is 58.4 Å². The van der Waals surface area contributed by atoms with Crippen molar-refractivity contribution in [3.63, 3.8) is 0 Å². The van der Waals surface area contributed by atoms with Gasteiger partial charge < -0.3 is 20.5 Å². The molecular weight excluding hydrogens is 455 g/mol. The SMILES string of the molecule is C#Cc1ccc(Nc2c(C(=O)NOCCO)cc(CNC(=O)CCOCC)c(F)c2F)c(F)c1. The Morgan fingerprint density at radius 1 is 1.15 bits per heavy atom. The molecule has 8 nitrogen and oxygen atoms in total. The summed E-state index contributed by atoms with van der Waals surface area (Å²) >= 11 is 0. The molecule has 0 aliphatic rings. The summed E-state index contributed by atoms with van der Waals surface area (Å²) in [5, 5.41) is 13.6. The van der Waals surface area contributed by atoms with E-state index in [4.69, 9.17) is 21.1 Å². The largest absolute Gasteiger partial charge is 0.394 e. The first-order valence-electron chi connectivity index (χ1n) is 10.2. The Bertz CT molecular complexity index is 1070. The third-order valence-corrected chi connectivity index (χ3v) is 4.43. The normalized spacial score (nSPS) is 10.5. The van der Waals surface area contributed by atoms with Crippen LogP contribution in [-0.2, 0) is 20.9 Å². The Balaban J connectivity index is 2.38. The molecule has 0 aliphatic heterocycles. The minimum Gasteiger partial charge on any atom is -0.394 e. The first-order chi connectivity index (χ1) is 16.3. The van der Waals surface area contributed by atoms with Crippen LogP contribution in [0.15, 0.2) is 24.3 Å². The van der Waals surface area contributed by atoms with Gasteiger partial charge in [-0.05, 0) is 31.2 Å². The zero-order valence-electron chi connectivity index (χ0n) is 18.3. The third kappa shape index (κ3) is 7.21. The highest BCUT2D eigenvalue weighted by atomic mass is 19.2. The van der Waals surface area contributed by atoms with Crippen LogP contribution in [-0.4, -0.2) is 43.3 Å². The first-order valence-corrected chi connectivity index (χ1v) is 10.2. The standard InChI is InChI=1S/C23H24F3N3O5/c1-3-14-5-6-18(17(24)11-14)28-22-16(23(32)29-34-10-8-30)12-15(20(25)21(22)26)13-27-19(31)7-9-33-4-2/h1,5-6,11-12,28,30H,4,7-10,13H2,2H3,(H,27,31)(H,29,32). The van der Waals surface area contributed by atoms with E-state index in [1.54, 1.807) is 6.92 Å². The quantitative estimate of drug-likeness (QED) is 0.212. The highest BCUT2D eigenvalue weighted by Gasteiger charge is 2.24. The number of rotatable bonds is 12. The number of carbonyl (C=O) groups excluding carboxylic acids is 2. The van der Waals surface area contributed by atoms with E-state index in [0.717, 1.165) is 12.1 Å². The molecule has 2 rings (SSSR count). The summed E-state index contributed by atoms with van der Waals surface area (Å²) in [4.78, 5) is 29.2. The van der Waals surface area contributed by atoms with E-state index in [-0.39, 0.29) is 36.4 Å². The smallest absolute Gasteiger partial charge is 0.277 e. The molecule has 0 atom stereocenters. The lowest BCUT2D eigenvalue weighted by Gasteiger charge is -2.17. The van der Waals surface area contributed by atoms with Crippen molar-refractivity contribution in [1.29, 1.82) is 0 Å². The topological polar surface area (TPSA) is 109 Å². The summed E-state index contributed by atoms with van der Waals surface area (Å²) in [6.45, 7) is 1.25. The molecule has 0 bridgehead atoms. The first kappa shape index (κ1) is 26.7. The summed E-state index contributed by atoms with van der Waals surface area (Å²) < 4.78 is 49.2. The Labute approximate surface area is 194 Å². The van der Waals surface area contributed by atoms with Crippen molar-refractivity contribution in [1.82, 2.24) is 10.8 Å². The van der Waals surface area contributed by atoms with E-state index in [1.165, 1.54) is 12.1 Å². The lowest BCUT2D eigenvalue weighted by molar-refractivity contribution is -0.122. The van der Waals surface area contributed by atoms with Gasteiger partial charge in [-0.1, -0.05) is 5.92 Å². The average molecular weight is 479 g/mol. The van der Waals surface area contributed by atoms with Crippen LogP contribution in [0, 0.1) is 29.8 Å². The zero-order valence-corrected chi connectivity index (χ0v) is 18.3. The maximum atomic E-state index is 15.0. The fourth-order valence-corrected chi connectivity index (χ4v) is 2.76. The van der Waals surface area contributed by atoms with Gasteiger partial charge in [0.15, 0.2) is 11.6 Å². The molecule has 4 N–H and O–H groups in total. The number of hydrogen-bond acceptors (Lipinski definition) is 6. The van der Waals surface area contributed by atoms with Crippen molar-refractivity contribution < 1.29 is 37.4 Å². The predicted octanol–water partition coefficient (Wildman–Crippen LogP) is 2.53. The molecule has 34 heavy (non-hydrogen) atoms. The second kappa shape index (κ2) is 13.2. The van der Waals surface area contributed by atoms with E-state index in [2.05, 4.69) is 16.6 Å². The third-order valence-electron chi connectivity index (χ3n) is 4.43. The highest BCUT2D eigenvalue weighted by molar-refractivity contribution is 6.00. The molecular formula is C23H24F3N3O5. The molecule has 0 heterocycles. The van der Waals surface area contributed by atoms with Gasteiger partial charge in [0.05, 0.1) is 36.8 Å². The number of nitrogens with one attached hydrogen (secondary N) is 3. The number of aliphatic hydroxyl groups is 1. The summed E-state index contributed by atoms with van der Waals surface area (Å²) in [6.07, 6.45) is 5.23. The molecule has 2 aromatic rings. The van der Waals surface area contributed by atoms with Crippen LogP contribution in [0.5, 0.6) is 0 Å². The van der Waals surface area contributed by atoms with Gasteiger partial charge in [0.1, 0.15) is 5.82 Å². The number of halogens is 3. The van der Waals surface area contributed by atoms with Crippen molar-refractivity contribution >= 4 is 23.2 Å². The minimum absolute atomic E-state index is 0.00680. The summed E-state index contributed by atoms with van der Waals surface area (Å²) in [5.41, 5.74) is 0.508. The number of hydrogen-bond donors (Lipinski definition) is 4. The molecule has 2 amide bonds. The molecule has 0 aliphatic carbocycles. The Hall–Kier alpha value is -3.59. The van der Waals surface area contributed by atoms with Crippen molar-refractivity contribution in [2.75, 3.05) is 31.7 Å². The van der Waals surface area contributed by atoms with E-state index < -0.39 is 53.7 Å². The molecule has 0 aromatic heterocycles. The molecule has 11 heteroatoms. The zero-order chi connectivity index (χ0) is 25.1. The maximum absolute atomic E-state index is 15.0. The van der Waals surface area contributed by atoms with Gasteiger partial charge in [0.2, 0.25) is 5.91 Å². The van der Waals surface area contributed by atoms with Crippen LogP contribution in [0.3, 0.4) is 0 Å². The van der Waals surface area contributed by atoms with E-state index in [0.29, 0.717) is 6.61 Å². The number of ether oxygens (including phenoxy) is 1. The molecule has 0 radical (unpaired) electrons. The van der Waals surface area contributed by atoms with Gasteiger partial charge in [0, 0.05) is 30.7 Å². The monoisotopic (exact) mass is 479 g/mol. The van der Waals surface area contributed by atoms with Crippen LogP contribution in [0.4, 0.5) is 24.5 Å². The van der Waals surface area contributed by atoms with Gasteiger partial charge in [-0.3, -0.25) is 14.4 Å². The second-order valence-corrected chi connectivity index (χ2v) is 6.78. The number of terminal acetylenes is 1. The molecule has 0 unspecified atom stereocenters. The van der Waals surface area contributed by atoms with Gasteiger partial charge in [-0.25, -0.2) is 18.7 Å². The Kier molecular flexibility index (Phi) is 10.3. The lowest BCUT2D eigenvalue weighted by atomic mass is 10.0. The predicted molar refractivity (Wildman–Crippen MR) is 117 cm³/mol. The van der Waals surface area contributed by atoms with Crippen LogP contribution < -0.4 is 16.1 Å². The molecule has 0 spiro atoms. The summed E-state index contributed by atoms with van der Waals surface area (Å²) in [6, 6.07) is 4.58. The number of benzene rings is 2. The van der Waals surface area contributed by atoms with Gasteiger partial charge in [-0.15, -0.1) is 6.42 Å². The lowest BCUT2D eigenvalue weighted by Crippen LogP contribution is -2.28. The summed E-state index contributed by atoms with van der Waals surface area (Å²) in [5.74, 6) is -2.91. The Morgan fingerprint density at radius 3 is 2.56 bits per heavy atom. The van der Waals surface area contributed by atoms with Crippen LogP contribution in [0.25, 0.3) is 0 Å². The van der Waals surface area contributed by atoms with Crippen molar-refractivity contribution in [2.45, 2.75) is 19.9 Å².